The standard InChI is InChI=1S/C15H18N2O2S/c1-10-5-4-8-12-14(10)16-15(20-9-13(18)19)17(12)11-6-2-3-7-11/h4-5,8,11H,2-3,6-7,9H2,1H3,(H,18,19). The van der Waals surface area contributed by atoms with Crippen LogP contribution < -0.4 is 0 Å². The second-order valence-corrected chi connectivity index (χ2v) is 6.27. The van der Waals surface area contributed by atoms with Gasteiger partial charge in [-0.2, -0.15) is 0 Å². The van der Waals surface area contributed by atoms with Crippen LogP contribution in [0.15, 0.2) is 23.4 Å². The predicted octanol–water partition coefficient (Wildman–Crippen LogP) is 3.64. The summed E-state index contributed by atoms with van der Waals surface area (Å²) in [7, 11) is 0. The van der Waals surface area contributed by atoms with E-state index in [0.29, 0.717) is 6.04 Å². The fraction of sp³-hybridized carbons (Fsp3) is 0.467. The van der Waals surface area contributed by atoms with Crippen LogP contribution in [-0.4, -0.2) is 26.4 Å². The molecule has 1 aromatic carbocycles. The number of imidazole rings is 1. The summed E-state index contributed by atoms with van der Waals surface area (Å²) in [5, 5.41) is 9.75. The third kappa shape index (κ3) is 2.42. The number of para-hydroxylation sites is 1. The first-order valence-electron chi connectivity index (χ1n) is 6.99. The molecule has 106 valence electrons. The van der Waals surface area contributed by atoms with Crippen LogP contribution in [0.5, 0.6) is 0 Å². The predicted molar refractivity (Wildman–Crippen MR) is 80.3 cm³/mol. The van der Waals surface area contributed by atoms with Gasteiger partial charge in [-0.3, -0.25) is 4.79 Å². The van der Waals surface area contributed by atoms with Crippen molar-refractivity contribution in [3.05, 3.63) is 23.8 Å². The van der Waals surface area contributed by atoms with Gasteiger partial charge in [0.05, 0.1) is 16.8 Å². The first-order valence-corrected chi connectivity index (χ1v) is 7.97. The van der Waals surface area contributed by atoms with Crippen molar-refractivity contribution in [1.29, 1.82) is 0 Å². The van der Waals surface area contributed by atoms with Gasteiger partial charge in [-0.05, 0) is 31.4 Å². The number of hydrogen-bond donors (Lipinski definition) is 1. The smallest absolute Gasteiger partial charge is 0.313 e. The maximum Gasteiger partial charge on any atom is 0.313 e. The van der Waals surface area contributed by atoms with Gasteiger partial charge < -0.3 is 9.67 Å². The molecule has 1 N–H and O–H groups in total. The van der Waals surface area contributed by atoms with E-state index in [1.807, 2.05) is 0 Å². The molecule has 0 atom stereocenters. The molecule has 2 aromatic rings. The maximum atomic E-state index is 10.8. The molecule has 1 fully saturated rings. The highest BCUT2D eigenvalue weighted by Crippen LogP contribution is 2.37. The molecule has 1 aliphatic rings. The van der Waals surface area contributed by atoms with E-state index in [1.165, 1.54) is 37.4 Å². The van der Waals surface area contributed by atoms with Crippen LogP contribution in [0.1, 0.15) is 37.3 Å². The normalized spacial score (nSPS) is 16.1. The minimum atomic E-state index is -0.795. The van der Waals surface area contributed by atoms with Gasteiger partial charge >= 0.3 is 5.97 Å². The number of carbonyl (C=O) groups is 1. The number of fused-ring (bicyclic) bond motifs is 1. The Morgan fingerprint density at radius 2 is 2.20 bits per heavy atom. The molecular formula is C15H18N2O2S. The SMILES string of the molecule is Cc1cccc2c1nc(SCC(=O)O)n2C1CCCC1. The number of nitrogens with zero attached hydrogens (tertiary/aromatic N) is 2. The maximum absolute atomic E-state index is 10.8. The molecule has 1 aliphatic carbocycles. The summed E-state index contributed by atoms with van der Waals surface area (Å²) in [6.07, 6.45) is 4.83. The van der Waals surface area contributed by atoms with Crippen molar-refractivity contribution < 1.29 is 9.90 Å². The molecule has 1 heterocycles. The largest absolute Gasteiger partial charge is 0.481 e. The van der Waals surface area contributed by atoms with Crippen molar-refractivity contribution in [3.8, 4) is 0 Å². The molecule has 4 nitrogen and oxygen atoms in total. The third-order valence-electron chi connectivity index (χ3n) is 3.90. The van der Waals surface area contributed by atoms with E-state index in [4.69, 9.17) is 10.1 Å². The zero-order valence-electron chi connectivity index (χ0n) is 11.5. The Morgan fingerprint density at radius 3 is 2.90 bits per heavy atom. The van der Waals surface area contributed by atoms with Crippen molar-refractivity contribution in [2.45, 2.75) is 43.8 Å². The lowest BCUT2D eigenvalue weighted by atomic mass is 10.2. The highest BCUT2D eigenvalue weighted by molar-refractivity contribution is 7.99. The van der Waals surface area contributed by atoms with Gasteiger partial charge in [-0.15, -0.1) is 0 Å². The van der Waals surface area contributed by atoms with Crippen LogP contribution in [0.25, 0.3) is 11.0 Å². The number of aryl methyl sites for hydroxylation is 1. The van der Waals surface area contributed by atoms with Crippen LogP contribution in [-0.2, 0) is 4.79 Å². The Hall–Kier alpha value is -1.49. The van der Waals surface area contributed by atoms with E-state index in [1.54, 1.807) is 0 Å². The topological polar surface area (TPSA) is 55.1 Å². The van der Waals surface area contributed by atoms with Crippen LogP contribution in [0.3, 0.4) is 0 Å². The molecule has 0 aliphatic heterocycles. The Morgan fingerprint density at radius 1 is 1.45 bits per heavy atom. The van der Waals surface area contributed by atoms with Crippen molar-refractivity contribution in [3.63, 3.8) is 0 Å². The van der Waals surface area contributed by atoms with Crippen LogP contribution >= 0.6 is 11.8 Å². The van der Waals surface area contributed by atoms with Crippen molar-refractivity contribution in [1.82, 2.24) is 9.55 Å². The summed E-state index contributed by atoms with van der Waals surface area (Å²) in [6.45, 7) is 2.06. The highest BCUT2D eigenvalue weighted by atomic mass is 32.2. The van der Waals surface area contributed by atoms with E-state index < -0.39 is 5.97 Å². The Kier molecular flexibility index (Phi) is 3.70. The van der Waals surface area contributed by atoms with E-state index in [9.17, 15) is 4.79 Å². The van der Waals surface area contributed by atoms with Gasteiger partial charge in [-0.25, -0.2) is 4.98 Å². The van der Waals surface area contributed by atoms with E-state index >= 15 is 0 Å². The van der Waals surface area contributed by atoms with Gasteiger partial charge in [0.1, 0.15) is 0 Å². The second kappa shape index (κ2) is 5.48. The minimum Gasteiger partial charge on any atom is -0.481 e. The van der Waals surface area contributed by atoms with E-state index in [0.717, 1.165) is 21.8 Å². The molecule has 0 bridgehead atoms. The minimum absolute atomic E-state index is 0.0646. The quantitative estimate of drug-likeness (QED) is 0.873. The first kappa shape index (κ1) is 13.5. The zero-order chi connectivity index (χ0) is 14.1. The molecule has 0 unspecified atom stereocenters. The summed E-state index contributed by atoms with van der Waals surface area (Å²) in [5.41, 5.74) is 3.30. The summed E-state index contributed by atoms with van der Waals surface area (Å²) in [6, 6.07) is 6.67. The molecule has 20 heavy (non-hydrogen) atoms. The molecule has 3 rings (SSSR count). The molecule has 1 aromatic heterocycles. The number of thioether (sulfide) groups is 1. The number of carboxylic acid groups (broad SMARTS) is 1. The van der Waals surface area contributed by atoms with Crippen LogP contribution in [0.4, 0.5) is 0 Å². The van der Waals surface area contributed by atoms with Gasteiger partial charge in [-0.1, -0.05) is 36.7 Å². The van der Waals surface area contributed by atoms with Crippen LogP contribution in [0.2, 0.25) is 0 Å². The lowest BCUT2D eigenvalue weighted by Gasteiger charge is -2.15. The highest BCUT2D eigenvalue weighted by Gasteiger charge is 2.23. The fourth-order valence-electron chi connectivity index (χ4n) is 2.98. The Bertz CT molecular complexity index is 645. The monoisotopic (exact) mass is 290 g/mol. The molecular weight excluding hydrogens is 272 g/mol. The number of rotatable bonds is 4. The molecule has 0 spiro atoms. The number of aromatic nitrogens is 2. The van der Waals surface area contributed by atoms with Crippen molar-refractivity contribution >= 4 is 28.8 Å². The summed E-state index contributed by atoms with van der Waals surface area (Å²) >= 11 is 1.33. The lowest BCUT2D eigenvalue weighted by Crippen LogP contribution is -2.07. The first-order chi connectivity index (χ1) is 9.66. The van der Waals surface area contributed by atoms with Gasteiger partial charge in [0.2, 0.25) is 0 Å². The number of benzene rings is 1. The molecule has 0 amide bonds. The van der Waals surface area contributed by atoms with Gasteiger partial charge in [0, 0.05) is 6.04 Å². The van der Waals surface area contributed by atoms with Gasteiger partial charge in [0.15, 0.2) is 5.16 Å². The Labute approximate surface area is 122 Å². The van der Waals surface area contributed by atoms with Crippen molar-refractivity contribution in [2.75, 3.05) is 5.75 Å². The van der Waals surface area contributed by atoms with Crippen LogP contribution in [0, 0.1) is 6.92 Å². The number of aliphatic carboxylic acids is 1. The fourth-order valence-corrected chi connectivity index (χ4v) is 3.77. The number of carboxylic acids is 1. The van der Waals surface area contributed by atoms with E-state index in [-0.39, 0.29) is 5.75 Å². The van der Waals surface area contributed by atoms with E-state index in [2.05, 4.69) is 29.7 Å². The zero-order valence-corrected chi connectivity index (χ0v) is 12.3. The Balaban J connectivity index is 2.08. The lowest BCUT2D eigenvalue weighted by molar-refractivity contribution is -0.133. The summed E-state index contributed by atoms with van der Waals surface area (Å²) < 4.78 is 2.27. The summed E-state index contributed by atoms with van der Waals surface area (Å²) in [4.78, 5) is 15.5. The molecule has 0 saturated heterocycles. The second-order valence-electron chi connectivity index (χ2n) is 5.33. The van der Waals surface area contributed by atoms with Crippen molar-refractivity contribution in [2.24, 2.45) is 0 Å². The average molecular weight is 290 g/mol. The number of hydrogen-bond acceptors (Lipinski definition) is 3. The molecule has 5 heteroatoms. The average Bonchev–Trinajstić information content (AvgIpc) is 3.03. The summed E-state index contributed by atoms with van der Waals surface area (Å²) in [5.74, 6) is -0.730. The van der Waals surface area contributed by atoms with Gasteiger partial charge in [0.25, 0.3) is 0 Å². The molecule has 1 saturated carbocycles. The third-order valence-corrected chi connectivity index (χ3v) is 4.84. The molecule has 0 radical (unpaired) electrons.